The lowest BCUT2D eigenvalue weighted by Crippen LogP contribution is -2.49. The lowest BCUT2D eigenvalue weighted by atomic mass is 10.0. The molecule has 7 nitrogen and oxygen atoms in total. The molecular formula is C27H32FN3O4S. The van der Waals surface area contributed by atoms with Gasteiger partial charge in [-0.2, -0.15) is 0 Å². The fraction of sp³-hybridized carbons (Fsp3) is 0.407. The van der Waals surface area contributed by atoms with Crippen molar-refractivity contribution in [1.29, 1.82) is 0 Å². The molecule has 2 amide bonds. The second-order valence-corrected chi connectivity index (χ2v) is 10.9. The van der Waals surface area contributed by atoms with Crippen LogP contribution in [0.15, 0.2) is 58.3 Å². The molecule has 1 fully saturated rings. The third kappa shape index (κ3) is 6.81. The van der Waals surface area contributed by atoms with Gasteiger partial charge < -0.3 is 19.4 Å². The number of amides is 2. The molecule has 0 radical (unpaired) electrons. The minimum absolute atomic E-state index is 0.158. The molecule has 36 heavy (non-hydrogen) atoms. The molecule has 9 heteroatoms. The summed E-state index contributed by atoms with van der Waals surface area (Å²) in [6, 6.07) is 12.0. The predicted octanol–water partition coefficient (Wildman–Crippen LogP) is 4.61. The average molecular weight is 514 g/mol. The van der Waals surface area contributed by atoms with Gasteiger partial charge in [-0.3, -0.25) is 14.5 Å². The van der Waals surface area contributed by atoms with Gasteiger partial charge in [-0.1, -0.05) is 18.2 Å². The van der Waals surface area contributed by atoms with Crippen molar-refractivity contribution in [1.82, 2.24) is 15.1 Å². The maximum Gasteiger partial charge on any atom is 0.290 e. The van der Waals surface area contributed by atoms with E-state index in [1.165, 1.54) is 28.4 Å². The second kappa shape index (κ2) is 11.4. The van der Waals surface area contributed by atoms with Gasteiger partial charge >= 0.3 is 0 Å². The van der Waals surface area contributed by atoms with Crippen LogP contribution in [0.1, 0.15) is 53.6 Å². The minimum atomic E-state index is -0.979. The average Bonchev–Trinajstić information content (AvgIpc) is 3.51. The number of hydrogen-bond donors (Lipinski definition) is 1. The summed E-state index contributed by atoms with van der Waals surface area (Å²) in [5, 5.41) is 4.91. The summed E-state index contributed by atoms with van der Waals surface area (Å²) in [6.07, 6.45) is 0. The third-order valence-corrected chi connectivity index (χ3v) is 6.63. The van der Waals surface area contributed by atoms with Crippen LogP contribution in [-0.2, 0) is 22.6 Å². The van der Waals surface area contributed by atoms with Crippen molar-refractivity contribution < 1.29 is 23.1 Å². The Labute approximate surface area is 214 Å². The summed E-state index contributed by atoms with van der Waals surface area (Å²) >= 11 is 1.50. The SMILES string of the molecule is CC(C)(C)NC(=O)[C@H](c1ccc(F)cc1)N(Cc1cccs1)C(=O)c1ccc(CN2CCOCC2)o1. The Morgan fingerprint density at radius 1 is 1.11 bits per heavy atom. The number of rotatable bonds is 8. The Morgan fingerprint density at radius 2 is 1.83 bits per heavy atom. The fourth-order valence-corrected chi connectivity index (χ4v) is 4.81. The number of thiophene rings is 1. The number of hydrogen-bond acceptors (Lipinski definition) is 6. The number of carbonyl (C=O) groups is 2. The zero-order chi connectivity index (χ0) is 25.7. The number of furan rings is 1. The number of ether oxygens (including phenoxy) is 1. The van der Waals surface area contributed by atoms with Gasteiger partial charge in [-0.25, -0.2) is 4.39 Å². The Balaban J connectivity index is 1.67. The van der Waals surface area contributed by atoms with Crippen LogP contribution in [-0.4, -0.2) is 53.5 Å². The molecule has 2 aromatic heterocycles. The maximum atomic E-state index is 13.9. The van der Waals surface area contributed by atoms with E-state index < -0.39 is 23.3 Å². The smallest absolute Gasteiger partial charge is 0.290 e. The van der Waals surface area contributed by atoms with Gasteiger partial charge in [0.25, 0.3) is 5.91 Å². The van der Waals surface area contributed by atoms with Gasteiger partial charge in [-0.05, 0) is 62.0 Å². The Bertz CT molecular complexity index is 1150. The van der Waals surface area contributed by atoms with Crippen LogP contribution < -0.4 is 5.32 Å². The summed E-state index contributed by atoms with van der Waals surface area (Å²) in [4.78, 5) is 32.1. The first-order chi connectivity index (χ1) is 17.2. The van der Waals surface area contributed by atoms with E-state index in [2.05, 4.69) is 10.2 Å². The van der Waals surface area contributed by atoms with E-state index in [0.29, 0.717) is 31.1 Å². The van der Waals surface area contributed by atoms with Crippen LogP contribution in [0.3, 0.4) is 0 Å². The molecule has 1 saturated heterocycles. The number of morpholine rings is 1. The predicted molar refractivity (Wildman–Crippen MR) is 136 cm³/mol. The van der Waals surface area contributed by atoms with Crippen LogP contribution in [0.5, 0.6) is 0 Å². The number of halogens is 1. The van der Waals surface area contributed by atoms with Gasteiger partial charge in [0.05, 0.1) is 26.3 Å². The minimum Gasteiger partial charge on any atom is -0.455 e. The first kappa shape index (κ1) is 26.1. The van der Waals surface area contributed by atoms with Crippen molar-refractivity contribution in [2.24, 2.45) is 0 Å². The number of nitrogens with one attached hydrogen (secondary N) is 1. The molecule has 0 aliphatic carbocycles. The Hall–Kier alpha value is -3.01. The zero-order valence-electron chi connectivity index (χ0n) is 20.8. The first-order valence-corrected chi connectivity index (χ1v) is 12.9. The molecule has 0 saturated carbocycles. The molecule has 0 bridgehead atoms. The zero-order valence-corrected chi connectivity index (χ0v) is 21.6. The van der Waals surface area contributed by atoms with E-state index in [1.54, 1.807) is 24.3 Å². The summed E-state index contributed by atoms with van der Waals surface area (Å²) in [7, 11) is 0. The third-order valence-electron chi connectivity index (χ3n) is 5.77. The fourth-order valence-electron chi connectivity index (χ4n) is 4.11. The summed E-state index contributed by atoms with van der Waals surface area (Å²) in [6.45, 7) is 9.35. The van der Waals surface area contributed by atoms with E-state index in [4.69, 9.17) is 9.15 Å². The van der Waals surface area contributed by atoms with Crippen molar-refractivity contribution >= 4 is 23.2 Å². The molecule has 0 unspecified atom stereocenters. The molecular weight excluding hydrogens is 481 g/mol. The van der Waals surface area contributed by atoms with Gasteiger partial charge in [0.15, 0.2) is 5.76 Å². The largest absolute Gasteiger partial charge is 0.455 e. The van der Waals surface area contributed by atoms with Gasteiger partial charge in [0.2, 0.25) is 5.91 Å². The first-order valence-electron chi connectivity index (χ1n) is 12.0. The van der Waals surface area contributed by atoms with Crippen molar-refractivity contribution in [3.63, 3.8) is 0 Å². The summed E-state index contributed by atoms with van der Waals surface area (Å²) < 4.78 is 25.1. The number of benzene rings is 1. The highest BCUT2D eigenvalue weighted by Crippen LogP contribution is 2.28. The van der Waals surface area contributed by atoms with Crippen LogP contribution in [0.2, 0.25) is 0 Å². The van der Waals surface area contributed by atoms with E-state index >= 15 is 0 Å². The van der Waals surface area contributed by atoms with E-state index in [9.17, 15) is 14.0 Å². The van der Waals surface area contributed by atoms with Crippen LogP contribution in [0.4, 0.5) is 4.39 Å². The van der Waals surface area contributed by atoms with Gasteiger partial charge in [0.1, 0.15) is 17.6 Å². The Kier molecular flexibility index (Phi) is 8.23. The van der Waals surface area contributed by atoms with Crippen LogP contribution in [0.25, 0.3) is 0 Å². The van der Waals surface area contributed by atoms with E-state index in [1.807, 2.05) is 38.3 Å². The maximum absolute atomic E-state index is 13.9. The normalized spacial score (nSPS) is 15.4. The van der Waals surface area contributed by atoms with E-state index in [-0.39, 0.29) is 18.2 Å². The topological polar surface area (TPSA) is 75.0 Å². The quantitative estimate of drug-likeness (QED) is 0.476. The molecule has 1 aliphatic heterocycles. The number of nitrogens with zero attached hydrogens (tertiary/aromatic N) is 2. The molecule has 0 spiro atoms. The van der Waals surface area contributed by atoms with E-state index in [0.717, 1.165) is 18.0 Å². The molecule has 192 valence electrons. The highest BCUT2D eigenvalue weighted by molar-refractivity contribution is 7.09. The molecule has 3 heterocycles. The Morgan fingerprint density at radius 3 is 2.47 bits per heavy atom. The standard InChI is InChI=1S/C27H32FN3O4S/c1-27(2,3)29-25(32)24(19-6-8-20(28)9-7-19)31(18-22-5-4-16-36-22)26(33)23-11-10-21(35-23)17-30-12-14-34-15-13-30/h4-11,16,24H,12-15,17-18H2,1-3H3,(H,29,32)/t24-/m0/s1. The highest BCUT2D eigenvalue weighted by Gasteiger charge is 2.35. The van der Waals surface area contributed by atoms with Crippen LogP contribution >= 0.6 is 11.3 Å². The monoisotopic (exact) mass is 513 g/mol. The molecule has 3 aromatic rings. The molecule has 4 rings (SSSR count). The van der Waals surface area contributed by atoms with Gasteiger partial charge in [0, 0.05) is 23.5 Å². The second-order valence-electron chi connectivity index (χ2n) is 9.86. The molecule has 1 aromatic carbocycles. The molecule has 1 aliphatic rings. The summed E-state index contributed by atoms with van der Waals surface area (Å²) in [5.74, 6) is -0.336. The molecule has 1 atom stereocenters. The van der Waals surface area contributed by atoms with Crippen molar-refractivity contribution in [2.45, 2.75) is 45.4 Å². The van der Waals surface area contributed by atoms with Crippen molar-refractivity contribution in [3.8, 4) is 0 Å². The van der Waals surface area contributed by atoms with Crippen molar-refractivity contribution in [2.75, 3.05) is 26.3 Å². The van der Waals surface area contributed by atoms with Gasteiger partial charge in [-0.15, -0.1) is 11.3 Å². The molecule has 1 N–H and O–H groups in total. The lowest BCUT2D eigenvalue weighted by molar-refractivity contribution is -0.127. The number of carbonyl (C=O) groups excluding carboxylic acids is 2. The van der Waals surface area contributed by atoms with Crippen molar-refractivity contribution in [3.05, 3.63) is 81.7 Å². The summed E-state index contributed by atoms with van der Waals surface area (Å²) in [5.41, 5.74) is -0.00797. The lowest BCUT2D eigenvalue weighted by Gasteiger charge is -2.33. The highest BCUT2D eigenvalue weighted by atomic mass is 32.1. The van der Waals surface area contributed by atoms with Crippen LogP contribution in [0, 0.1) is 5.82 Å².